The highest BCUT2D eigenvalue weighted by atomic mass is 16.3. The van der Waals surface area contributed by atoms with E-state index in [4.69, 9.17) is 0 Å². The first kappa shape index (κ1) is 8.73. The maximum absolute atomic E-state index is 9.47. The molecule has 4 heteroatoms. The van der Waals surface area contributed by atoms with Gasteiger partial charge in [0.2, 0.25) is 0 Å². The van der Waals surface area contributed by atoms with Crippen LogP contribution in [0, 0.1) is 0 Å². The largest absolute Gasteiger partial charge is 0.391 e. The van der Waals surface area contributed by atoms with E-state index in [2.05, 4.69) is 22.0 Å². The van der Waals surface area contributed by atoms with Crippen molar-refractivity contribution in [3.63, 3.8) is 0 Å². The fourth-order valence-corrected chi connectivity index (χ4v) is 2.07. The van der Waals surface area contributed by atoms with Gasteiger partial charge in [-0.15, -0.1) is 0 Å². The number of hydrogen-bond acceptors (Lipinski definition) is 3. The third-order valence-electron chi connectivity index (χ3n) is 2.91. The van der Waals surface area contributed by atoms with Crippen LogP contribution in [0.4, 0.5) is 5.69 Å². The van der Waals surface area contributed by atoms with Gasteiger partial charge in [0.1, 0.15) is 5.65 Å². The molecule has 1 aliphatic heterocycles. The zero-order chi connectivity index (χ0) is 10.3. The van der Waals surface area contributed by atoms with E-state index in [9.17, 15) is 5.11 Å². The summed E-state index contributed by atoms with van der Waals surface area (Å²) in [7, 11) is 0. The van der Waals surface area contributed by atoms with Crippen molar-refractivity contribution in [3.05, 3.63) is 30.7 Å². The Morgan fingerprint density at radius 3 is 3.13 bits per heavy atom. The second-order valence-electron chi connectivity index (χ2n) is 3.97. The van der Waals surface area contributed by atoms with Crippen LogP contribution in [-0.2, 0) is 0 Å². The van der Waals surface area contributed by atoms with Crippen molar-refractivity contribution in [2.75, 3.05) is 18.0 Å². The number of β-amino-alcohol motifs (C(OH)–C–C–N with tert-alkyl or cyclic N) is 1. The Balaban J connectivity index is 1.97. The van der Waals surface area contributed by atoms with Gasteiger partial charge in [0.05, 0.1) is 6.10 Å². The molecule has 3 rings (SSSR count). The lowest BCUT2D eigenvalue weighted by molar-refractivity contribution is 0.198. The predicted molar refractivity (Wildman–Crippen MR) is 58.0 cm³/mol. The summed E-state index contributed by atoms with van der Waals surface area (Å²) in [5.41, 5.74) is 2.10. The van der Waals surface area contributed by atoms with Crippen LogP contribution in [0.3, 0.4) is 0 Å². The number of rotatable bonds is 1. The minimum atomic E-state index is -0.180. The van der Waals surface area contributed by atoms with E-state index in [1.807, 2.05) is 16.8 Å². The molecule has 0 spiro atoms. The van der Waals surface area contributed by atoms with Gasteiger partial charge in [0, 0.05) is 43.4 Å². The van der Waals surface area contributed by atoms with Crippen molar-refractivity contribution in [2.45, 2.75) is 12.5 Å². The third-order valence-corrected chi connectivity index (χ3v) is 2.91. The molecule has 78 valence electrons. The molecule has 0 aromatic carbocycles. The lowest BCUT2D eigenvalue weighted by atomic mass is 10.3. The van der Waals surface area contributed by atoms with Gasteiger partial charge in [-0.25, -0.2) is 4.98 Å². The first-order chi connectivity index (χ1) is 7.33. The fourth-order valence-electron chi connectivity index (χ4n) is 2.07. The Bertz CT molecular complexity index is 479. The van der Waals surface area contributed by atoms with Crippen LogP contribution in [0.25, 0.3) is 5.65 Å². The summed E-state index contributed by atoms with van der Waals surface area (Å²) < 4.78 is 1.98. The quantitative estimate of drug-likeness (QED) is 0.748. The number of nitrogens with zero attached hydrogens (tertiary/aromatic N) is 3. The van der Waals surface area contributed by atoms with E-state index in [1.54, 1.807) is 6.20 Å². The van der Waals surface area contributed by atoms with E-state index in [0.717, 1.165) is 30.8 Å². The Kier molecular flexibility index (Phi) is 1.89. The Hall–Kier alpha value is -1.55. The van der Waals surface area contributed by atoms with Gasteiger partial charge in [0.25, 0.3) is 0 Å². The molecular formula is C11H13N3O. The number of fused-ring (bicyclic) bond motifs is 1. The van der Waals surface area contributed by atoms with Crippen LogP contribution in [0.1, 0.15) is 6.42 Å². The van der Waals surface area contributed by atoms with Crippen molar-refractivity contribution < 1.29 is 5.11 Å². The van der Waals surface area contributed by atoms with Crippen molar-refractivity contribution in [2.24, 2.45) is 0 Å². The van der Waals surface area contributed by atoms with Gasteiger partial charge in [0.15, 0.2) is 0 Å². The number of hydrogen-bond donors (Lipinski definition) is 1. The van der Waals surface area contributed by atoms with Gasteiger partial charge in [-0.2, -0.15) is 0 Å². The van der Waals surface area contributed by atoms with Gasteiger partial charge in [-0.1, -0.05) is 0 Å². The molecule has 0 radical (unpaired) electrons. The smallest absolute Gasteiger partial charge is 0.138 e. The summed E-state index contributed by atoms with van der Waals surface area (Å²) in [6.45, 7) is 1.66. The minimum Gasteiger partial charge on any atom is -0.391 e. The lowest BCUT2D eigenvalue weighted by Crippen LogP contribution is -2.21. The molecule has 2 aromatic rings. The molecular weight excluding hydrogens is 190 g/mol. The SMILES string of the molecule is O[C@@H]1CCN(c2ccn3ccnc3c2)C1. The molecule has 0 saturated carbocycles. The number of pyridine rings is 1. The molecule has 3 heterocycles. The van der Waals surface area contributed by atoms with E-state index in [1.165, 1.54) is 0 Å². The van der Waals surface area contributed by atoms with Crippen LogP contribution in [0.15, 0.2) is 30.7 Å². The number of aromatic nitrogens is 2. The monoisotopic (exact) mass is 203 g/mol. The van der Waals surface area contributed by atoms with Gasteiger partial charge >= 0.3 is 0 Å². The van der Waals surface area contributed by atoms with Crippen molar-refractivity contribution in [1.82, 2.24) is 9.38 Å². The molecule has 1 saturated heterocycles. The Morgan fingerprint density at radius 2 is 2.33 bits per heavy atom. The van der Waals surface area contributed by atoms with Crippen molar-refractivity contribution in [1.29, 1.82) is 0 Å². The molecule has 2 aromatic heterocycles. The third kappa shape index (κ3) is 1.47. The van der Waals surface area contributed by atoms with Crippen LogP contribution in [0.5, 0.6) is 0 Å². The average Bonchev–Trinajstić information content (AvgIpc) is 2.84. The topological polar surface area (TPSA) is 40.8 Å². The molecule has 1 aliphatic rings. The highest BCUT2D eigenvalue weighted by molar-refractivity contribution is 5.56. The summed E-state index contributed by atoms with van der Waals surface area (Å²) in [5, 5.41) is 9.47. The molecule has 0 amide bonds. The Morgan fingerprint density at radius 1 is 1.40 bits per heavy atom. The van der Waals surface area contributed by atoms with Crippen LogP contribution < -0.4 is 4.90 Å². The molecule has 4 nitrogen and oxygen atoms in total. The summed E-state index contributed by atoms with van der Waals surface area (Å²) >= 11 is 0. The summed E-state index contributed by atoms with van der Waals surface area (Å²) in [4.78, 5) is 6.44. The fraction of sp³-hybridized carbons (Fsp3) is 0.364. The zero-order valence-electron chi connectivity index (χ0n) is 8.37. The molecule has 1 fully saturated rings. The molecule has 1 N–H and O–H groups in total. The first-order valence-corrected chi connectivity index (χ1v) is 5.19. The maximum Gasteiger partial charge on any atom is 0.138 e. The first-order valence-electron chi connectivity index (χ1n) is 5.19. The lowest BCUT2D eigenvalue weighted by Gasteiger charge is -2.17. The van der Waals surface area contributed by atoms with E-state index in [-0.39, 0.29) is 6.10 Å². The number of aliphatic hydroxyl groups excluding tert-OH is 1. The van der Waals surface area contributed by atoms with Crippen LogP contribution in [0.2, 0.25) is 0 Å². The van der Waals surface area contributed by atoms with Crippen LogP contribution >= 0.6 is 0 Å². The molecule has 15 heavy (non-hydrogen) atoms. The van der Waals surface area contributed by atoms with Crippen molar-refractivity contribution in [3.8, 4) is 0 Å². The summed E-state index contributed by atoms with van der Waals surface area (Å²) in [5.74, 6) is 0. The maximum atomic E-state index is 9.47. The van der Waals surface area contributed by atoms with Gasteiger partial charge in [-0.3, -0.25) is 0 Å². The van der Waals surface area contributed by atoms with E-state index in [0.29, 0.717) is 0 Å². The standard InChI is InChI=1S/C11H13N3O/c15-10-2-5-14(8-10)9-1-4-13-6-3-12-11(13)7-9/h1,3-4,6-7,10,15H,2,5,8H2/t10-/m1/s1. The zero-order valence-corrected chi connectivity index (χ0v) is 8.37. The number of anilines is 1. The second kappa shape index (κ2) is 3.24. The highest BCUT2D eigenvalue weighted by Crippen LogP contribution is 2.21. The predicted octanol–water partition coefficient (Wildman–Crippen LogP) is 0.905. The number of imidazole rings is 1. The van der Waals surface area contributed by atoms with E-state index < -0.39 is 0 Å². The van der Waals surface area contributed by atoms with E-state index >= 15 is 0 Å². The molecule has 0 unspecified atom stereocenters. The van der Waals surface area contributed by atoms with Crippen LogP contribution in [-0.4, -0.2) is 33.7 Å². The molecule has 0 aliphatic carbocycles. The summed E-state index contributed by atoms with van der Waals surface area (Å²) in [6, 6.07) is 4.12. The second-order valence-corrected chi connectivity index (χ2v) is 3.97. The minimum absolute atomic E-state index is 0.180. The summed E-state index contributed by atoms with van der Waals surface area (Å²) in [6.07, 6.45) is 6.40. The number of aliphatic hydroxyl groups is 1. The normalized spacial score (nSPS) is 21.4. The highest BCUT2D eigenvalue weighted by Gasteiger charge is 2.20. The van der Waals surface area contributed by atoms with Gasteiger partial charge < -0.3 is 14.4 Å². The van der Waals surface area contributed by atoms with Gasteiger partial charge in [-0.05, 0) is 12.5 Å². The average molecular weight is 203 g/mol. The van der Waals surface area contributed by atoms with Crippen molar-refractivity contribution >= 4 is 11.3 Å². The molecule has 1 atom stereocenters. The Labute approximate surface area is 87.8 Å². The molecule has 0 bridgehead atoms.